The first kappa shape index (κ1) is 23.9. The first-order valence-electron chi connectivity index (χ1n) is 11.2. The summed E-state index contributed by atoms with van der Waals surface area (Å²) in [6.45, 7) is 8.01. The van der Waals surface area contributed by atoms with E-state index in [-0.39, 0.29) is 12.1 Å². The van der Waals surface area contributed by atoms with Crippen LogP contribution in [0, 0.1) is 0 Å². The highest BCUT2D eigenvalue weighted by molar-refractivity contribution is 6.33. The monoisotopic (exact) mass is 488 g/mol. The minimum Gasteiger partial charge on any atom is -0.485 e. The van der Waals surface area contributed by atoms with E-state index in [2.05, 4.69) is 20.2 Å². The van der Waals surface area contributed by atoms with Gasteiger partial charge in [0.15, 0.2) is 11.6 Å². The number of carbonyl (C=O) groups excluding carboxylic acids is 2. The normalized spacial score (nSPS) is 16.5. The van der Waals surface area contributed by atoms with Gasteiger partial charge in [-0.15, -0.1) is 0 Å². The molecule has 3 N–H and O–H groups in total. The molecule has 0 radical (unpaired) electrons. The summed E-state index contributed by atoms with van der Waals surface area (Å²) in [6, 6.07) is 4.98. The number of nitrogens with zero attached hydrogens (tertiary/aromatic N) is 4. The van der Waals surface area contributed by atoms with Crippen molar-refractivity contribution in [2.24, 2.45) is 5.73 Å². The number of anilines is 3. The number of hydrogen-bond donors (Lipinski definition) is 2. The second kappa shape index (κ2) is 9.54. The minimum atomic E-state index is -0.551. The Bertz CT molecular complexity index is 1080. The summed E-state index contributed by atoms with van der Waals surface area (Å²) in [5.41, 5.74) is 5.70. The van der Waals surface area contributed by atoms with Crippen LogP contribution in [0.25, 0.3) is 0 Å². The second-order valence-corrected chi connectivity index (χ2v) is 9.71. The van der Waals surface area contributed by atoms with Crippen LogP contribution in [0.1, 0.15) is 44.0 Å². The highest BCUT2D eigenvalue weighted by Gasteiger charge is 2.33. The summed E-state index contributed by atoms with van der Waals surface area (Å²) in [7, 11) is 0. The Morgan fingerprint density at radius 2 is 1.94 bits per heavy atom. The van der Waals surface area contributed by atoms with Crippen LogP contribution in [-0.4, -0.2) is 64.8 Å². The maximum atomic E-state index is 12.4. The lowest BCUT2D eigenvalue weighted by Crippen LogP contribution is -2.50. The standard InChI is InChI=1S/C23H29ClN6O4/c1-23(2,3)34-22(32)29-8-6-15(7-9-29)30-10-11-33-18-20(26-13-27-21(18)30)28-17-5-4-14(19(25)31)12-16(17)24/h4-5,12-13,15H,6-11H2,1-3H3,(H2,25,31)(H,26,27,28). The van der Waals surface area contributed by atoms with Gasteiger partial charge < -0.3 is 30.3 Å². The highest BCUT2D eigenvalue weighted by Crippen LogP contribution is 2.39. The number of carbonyl (C=O) groups is 2. The lowest BCUT2D eigenvalue weighted by Gasteiger charge is -2.41. The molecule has 0 bridgehead atoms. The van der Waals surface area contributed by atoms with Crippen LogP contribution in [0.2, 0.25) is 5.02 Å². The molecule has 0 unspecified atom stereocenters. The molecule has 0 atom stereocenters. The van der Waals surface area contributed by atoms with Crippen molar-refractivity contribution in [3.8, 4) is 5.75 Å². The number of hydrogen-bond acceptors (Lipinski definition) is 8. The number of nitrogens with one attached hydrogen (secondary N) is 1. The number of amides is 2. The van der Waals surface area contributed by atoms with Crippen molar-refractivity contribution in [1.82, 2.24) is 14.9 Å². The molecule has 0 saturated carbocycles. The van der Waals surface area contributed by atoms with Crippen LogP contribution >= 0.6 is 11.6 Å². The molecule has 1 aromatic heterocycles. The van der Waals surface area contributed by atoms with Crippen molar-refractivity contribution in [2.45, 2.75) is 45.3 Å². The number of likely N-dealkylation sites (tertiary alicyclic amines) is 1. The van der Waals surface area contributed by atoms with Crippen LogP contribution in [0.3, 0.4) is 0 Å². The molecular weight excluding hydrogens is 460 g/mol. The molecule has 2 aliphatic heterocycles. The van der Waals surface area contributed by atoms with E-state index in [0.717, 1.165) is 12.8 Å². The number of aromatic nitrogens is 2. The second-order valence-electron chi connectivity index (χ2n) is 9.30. The van der Waals surface area contributed by atoms with Crippen molar-refractivity contribution in [3.63, 3.8) is 0 Å². The van der Waals surface area contributed by atoms with Gasteiger partial charge in [-0.3, -0.25) is 4.79 Å². The smallest absolute Gasteiger partial charge is 0.410 e. The Labute approximate surface area is 203 Å². The third-order valence-corrected chi connectivity index (χ3v) is 6.01. The van der Waals surface area contributed by atoms with E-state index in [4.69, 9.17) is 26.8 Å². The van der Waals surface area contributed by atoms with Crippen LogP contribution < -0.4 is 20.7 Å². The molecule has 182 valence electrons. The van der Waals surface area contributed by atoms with Gasteiger partial charge in [0.2, 0.25) is 11.7 Å². The van der Waals surface area contributed by atoms with E-state index >= 15 is 0 Å². The highest BCUT2D eigenvalue weighted by atomic mass is 35.5. The number of nitrogens with two attached hydrogens (primary N) is 1. The van der Waals surface area contributed by atoms with E-state index in [9.17, 15) is 9.59 Å². The maximum Gasteiger partial charge on any atom is 0.410 e. The van der Waals surface area contributed by atoms with E-state index in [0.29, 0.717) is 59.9 Å². The summed E-state index contributed by atoms with van der Waals surface area (Å²) < 4.78 is 11.4. The summed E-state index contributed by atoms with van der Waals surface area (Å²) in [5.74, 6) is 1.17. The topological polar surface area (TPSA) is 123 Å². The van der Waals surface area contributed by atoms with Crippen LogP contribution in [0.4, 0.5) is 22.1 Å². The van der Waals surface area contributed by atoms with Gasteiger partial charge in [0.25, 0.3) is 0 Å². The first-order chi connectivity index (χ1) is 16.1. The third kappa shape index (κ3) is 5.27. The zero-order valence-electron chi connectivity index (χ0n) is 19.5. The Morgan fingerprint density at radius 3 is 2.59 bits per heavy atom. The van der Waals surface area contributed by atoms with Crippen molar-refractivity contribution in [1.29, 1.82) is 0 Å². The number of piperidine rings is 1. The summed E-state index contributed by atoms with van der Waals surface area (Å²) in [4.78, 5) is 36.6. The Kier molecular flexibility index (Phi) is 6.70. The molecule has 1 aromatic carbocycles. The fourth-order valence-corrected chi connectivity index (χ4v) is 4.31. The van der Waals surface area contributed by atoms with Gasteiger partial charge in [-0.25, -0.2) is 14.8 Å². The van der Waals surface area contributed by atoms with Crippen LogP contribution in [0.15, 0.2) is 24.5 Å². The van der Waals surface area contributed by atoms with Gasteiger partial charge in [-0.05, 0) is 51.8 Å². The largest absolute Gasteiger partial charge is 0.485 e. The lowest BCUT2D eigenvalue weighted by atomic mass is 10.0. The molecular formula is C23H29ClN6O4. The van der Waals surface area contributed by atoms with Gasteiger partial charge in [0.1, 0.15) is 18.5 Å². The molecule has 2 amide bonds. The zero-order chi connectivity index (χ0) is 24.5. The van der Waals surface area contributed by atoms with Gasteiger partial charge in [0, 0.05) is 24.7 Å². The molecule has 0 aliphatic carbocycles. The fraction of sp³-hybridized carbons (Fsp3) is 0.478. The average Bonchev–Trinajstić information content (AvgIpc) is 2.79. The van der Waals surface area contributed by atoms with Gasteiger partial charge in [-0.2, -0.15) is 0 Å². The number of ether oxygens (including phenoxy) is 2. The molecule has 3 heterocycles. The van der Waals surface area contributed by atoms with E-state index in [1.54, 1.807) is 17.0 Å². The average molecular weight is 489 g/mol. The van der Waals surface area contributed by atoms with E-state index in [1.807, 2.05) is 20.8 Å². The molecule has 2 aromatic rings. The maximum absolute atomic E-state index is 12.4. The van der Waals surface area contributed by atoms with Crippen molar-refractivity contribution < 1.29 is 19.1 Å². The molecule has 4 rings (SSSR count). The van der Waals surface area contributed by atoms with Gasteiger partial charge in [-0.1, -0.05) is 11.6 Å². The molecule has 11 heteroatoms. The van der Waals surface area contributed by atoms with Crippen molar-refractivity contribution >= 4 is 40.9 Å². The van der Waals surface area contributed by atoms with Crippen LogP contribution in [0.5, 0.6) is 5.75 Å². The fourth-order valence-electron chi connectivity index (χ4n) is 4.08. The van der Waals surface area contributed by atoms with E-state index in [1.165, 1.54) is 12.4 Å². The predicted octanol–water partition coefficient (Wildman–Crippen LogP) is 3.57. The predicted molar refractivity (Wildman–Crippen MR) is 129 cm³/mol. The Hall–Kier alpha value is -3.27. The SMILES string of the molecule is CC(C)(C)OC(=O)N1CCC(N2CCOc3c(Nc4ccc(C(N)=O)cc4Cl)ncnc32)CC1. The third-order valence-electron chi connectivity index (χ3n) is 5.70. The minimum absolute atomic E-state index is 0.211. The van der Waals surface area contributed by atoms with Gasteiger partial charge in [0.05, 0.1) is 17.3 Å². The Morgan fingerprint density at radius 1 is 1.21 bits per heavy atom. The number of primary amides is 1. The number of rotatable bonds is 4. The summed E-state index contributed by atoms with van der Waals surface area (Å²) in [6.07, 6.45) is 2.79. The first-order valence-corrected chi connectivity index (χ1v) is 11.6. The lowest BCUT2D eigenvalue weighted by molar-refractivity contribution is 0.0203. The summed E-state index contributed by atoms with van der Waals surface area (Å²) in [5, 5.41) is 3.52. The summed E-state index contributed by atoms with van der Waals surface area (Å²) >= 11 is 6.33. The molecule has 0 spiro atoms. The molecule has 1 fully saturated rings. The van der Waals surface area contributed by atoms with E-state index < -0.39 is 11.5 Å². The number of benzene rings is 1. The zero-order valence-corrected chi connectivity index (χ0v) is 20.3. The molecule has 2 aliphatic rings. The van der Waals surface area contributed by atoms with Crippen molar-refractivity contribution in [2.75, 3.05) is 36.5 Å². The van der Waals surface area contributed by atoms with Crippen LogP contribution in [-0.2, 0) is 4.74 Å². The molecule has 10 nitrogen and oxygen atoms in total. The number of halogens is 1. The molecule has 1 saturated heterocycles. The quantitative estimate of drug-likeness (QED) is 0.669. The Balaban J connectivity index is 1.48. The van der Waals surface area contributed by atoms with Gasteiger partial charge >= 0.3 is 6.09 Å². The van der Waals surface area contributed by atoms with Crippen molar-refractivity contribution in [3.05, 3.63) is 35.1 Å². The molecule has 34 heavy (non-hydrogen) atoms. The number of fused-ring (bicyclic) bond motifs is 1.